The largest absolute Gasteiger partial charge is 0.493 e. The van der Waals surface area contributed by atoms with Gasteiger partial charge in [-0.15, -0.1) is 0 Å². The number of ether oxygens (including phenoxy) is 2. The van der Waals surface area contributed by atoms with Gasteiger partial charge in [-0.1, -0.05) is 23.7 Å². The quantitative estimate of drug-likeness (QED) is 0.558. The van der Waals surface area contributed by atoms with Crippen LogP contribution in [0.5, 0.6) is 5.75 Å². The van der Waals surface area contributed by atoms with E-state index in [-0.39, 0.29) is 11.8 Å². The number of anilines is 1. The van der Waals surface area contributed by atoms with Gasteiger partial charge in [-0.05, 0) is 48.0 Å². The summed E-state index contributed by atoms with van der Waals surface area (Å²) in [5, 5.41) is 0.648. The first-order valence-electron chi connectivity index (χ1n) is 8.60. The number of methoxy groups -OCH3 is 1. The summed E-state index contributed by atoms with van der Waals surface area (Å²) < 4.78 is 10.4. The van der Waals surface area contributed by atoms with Gasteiger partial charge in [0.1, 0.15) is 5.75 Å². The van der Waals surface area contributed by atoms with Crippen molar-refractivity contribution in [2.75, 3.05) is 25.2 Å². The van der Waals surface area contributed by atoms with Crippen molar-refractivity contribution >= 4 is 35.2 Å². The molecule has 1 unspecified atom stereocenters. The molecule has 27 heavy (non-hydrogen) atoms. The summed E-state index contributed by atoms with van der Waals surface area (Å²) in [5.74, 6) is 0.551. The van der Waals surface area contributed by atoms with Crippen LogP contribution >= 0.6 is 11.6 Å². The van der Waals surface area contributed by atoms with Crippen molar-refractivity contribution in [3.05, 3.63) is 65.2 Å². The Kier molecular flexibility index (Phi) is 6.14. The minimum absolute atomic E-state index is 0.0919. The van der Waals surface area contributed by atoms with E-state index < -0.39 is 5.97 Å². The van der Waals surface area contributed by atoms with Gasteiger partial charge in [0, 0.05) is 35.7 Å². The second kappa shape index (κ2) is 8.73. The molecule has 1 aliphatic heterocycles. The Morgan fingerprint density at radius 3 is 2.56 bits per heavy atom. The molecule has 1 atom stereocenters. The van der Waals surface area contributed by atoms with Gasteiger partial charge in [-0.2, -0.15) is 0 Å². The Labute approximate surface area is 163 Å². The van der Waals surface area contributed by atoms with Gasteiger partial charge in [0.2, 0.25) is 5.91 Å². The smallest absolute Gasteiger partial charge is 0.330 e. The Morgan fingerprint density at radius 1 is 1.19 bits per heavy atom. The summed E-state index contributed by atoms with van der Waals surface area (Å²) in [7, 11) is 1.34. The molecule has 3 rings (SSSR count). The highest BCUT2D eigenvalue weighted by Gasteiger charge is 2.31. The highest BCUT2D eigenvalue weighted by Crippen LogP contribution is 2.27. The highest BCUT2D eigenvalue weighted by molar-refractivity contribution is 6.30. The molecule has 0 N–H and O–H groups in total. The molecule has 0 bridgehead atoms. The van der Waals surface area contributed by atoms with Gasteiger partial charge in [0.15, 0.2) is 0 Å². The molecule has 1 saturated heterocycles. The molecule has 1 heterocycles. The first kappa shape index (κ1) is 19.0. The van der Waals surface area contributed by atoms with Gasteiger partial charge in [-0.25, -0.2) is 4.79 Å². The minimum Gasteiger partial charge on any atom is -0.493 e. The molecule has 2 aromatic carbocycles. The standard InChI is InChI=1S/C21H20ClNO4/c1-26-21(25)11-4-15-2-9-19(10-3-15)27-14-16-12-20(24)23(13-16)18-7-5-17(22)6-8-18/h2-11,16H,12-14H2,1H3/b11-4+. The third-order valence-corrected chi connectivity index (χ3v) is 4.57. The maximum atomic E-state index is 12.3. The monoisotopic (exact) mass is 385 g/mol. The lowest BCUT2D eigenvalue weighted by Gasteiger charge is -2.17. The van der Waals surface area contributed by atoms with E-state index in [0.29, 0.717) is 24.6 Å². The van der Waals surface area contributed by atoms with Gasteiger partial charge >= 0.3 is 5.97 Å². The first-order chi connectivity index (χ1) is 13.0. The van der Waals surface area contributed by atoms with Crippen molar-refractivity contribution in [1.29, 1.82) is 0 Å². The summed E-state index contributed by atoms with van der Waals surface area (Å²) in [4.78, 5) is 25.1. The Bertz CT molecular complexity index is 830. The predicted octanol–water partition coefficient (Wildman–Crippen LogP) is 3.96. The van der Waals surface area contributed by atoms with Crippen LogP contribution in [0.25, 0.3) is 6.08 Å². The molecule has 6 heteroatoms. The summed E-state index contributed by atoms with van der Waals surface area (Å²) in [6, 6.07) is 14.7. The number of halogens is 1. The molecule has 2 aromatic rings. The second-order valence-electron chi connectivity index (χ2n) is 6.29. The van der Waals surface area contributed by atoms with Gasteiger partial charge in [-0.3, -0.25) is 4.79 Å². The second-order valence-corrected chi connectivity index (χ2v) is 6.72. The molecule has 140 valence electrons. The Morgan fingerprint density at radius 2 is 1.89 bits per heavy atom. The van der Waals surface area contributed by atoms with Crippen LogP contribution in [0.3, 0.4) is 0 Å². The van der Waals surface area contributed by atoms with Crippen molar-refractivity contribution < 1.29 is 19.1 Å². The number of hydrogen-bond acceptors (Lipinski definition) is 4. The topological polar surface area (TPSA) is 55.8 Å². The van der Waals surface area contributed by atoms with E-state index in [9.17, 15) is 9.59 Å². The van der Waals surface area contributed by atoms with Gasteiger partial charge < -0.3 is 14.4 Å². The summed E-state index contributed by atoms with van der Waals surface area (Å²) >= 11 is 5.90. The van der Waals surface area contributed by atoms with Crippen LogP contribution in [-0.4, -0.2) is 32.1 Å². The Balaban J connectivity index is 1.53. The van der Waals surface area contributed by atoms with Gasteiger partial charge in [0.05, 0.1) is 13.7 Å². The van der Waals surface area contributed by atoms with E-state index in [0.717, 1.165) is 17.0 Å². The SMILES string of the molecule is COC(=O)/C=C/c1ccc(OCC2CC(=O)N(c3ccc(Cl)cc3)C2)cc1. The first-order valence-corrected chi connectivity index (χ1v) is 8.98. The fraction of sp³-hybridized carbons (Fsp3) is 0.238. The van der Waals surface area contributed by atoms with E-state index >= 15 is 0 Å². The third kappa shape index (κ3) is 5.11. The molecular weight excluding hydrogens is 366 g/mol. The van der Waals surface area contributed by atoms with E-state index in [2.05, 4.69) is 4.74 Å². The third-order valence-electron chi connectivity index (χ3n) is 4.32. The van der Waals surface area contributed by atoms with E-state index in [1.54, 1.807) is 23.1 Å². The Hall–Kier alpha value is -2.79. The maximum absolute atomic E-state index is 12.3. The minimum atomic E-state index is -0.397. The van der Waals surface area contributed by atoms with Crippen LogP contribution in [-0.2, 0) is 14.3 Å². The van der Waals surface area contributed by atoms with Crippen molar-refractivity contribution in [2.45, 2.75) is 6.42 Å². The van der Waals surface area contributed by atoms with Crippen LogP contribution in [0.2, 0.25) is 5.02 Å². The lowest BCUT2D eigenvalue weighted by Crippen LogP contribution is -2.25. The van der Waals surface area contributed by atoms with Crippen molar-refractivity contribution in [2.24, 2.45) is 5.92 Å². The number of esters is 1. The lowest BCUT2D eigenvalue weighted by molar-refractivity contribution is -0.134. The summed E-state index contributed by atoms with van der Waals surface area (Å²) in [6.45, 7) is 1.09. The summed E-state index contributed by atoms with van der Waals surface area (Å²) in [6.07, 6.45) is 3.50. The molecule has 0 aliphatic carbocycles. The highest BCUT2D eigenvalue weighted by atomic mass is 35.5. The van der Waals surface area contributed by atoms with Crippen molar-refractivity contribution in [1.82, 2.24) is 0 Å². The maximum Gasteiger partial charge on any atom is 0.330 e. The van der Waals surface area contributed by atoms with E-state index in [1.165, 1.54) is 13.2 Å². The average Bonchev–Trinajstić information content (AvgIpc) is 3.06. The van der Waals surface area contributed by atoms with Crippen LogP contribution in [0.1, 0.15) is 12.0 Å². The number of carbonyl (C=O) groups excluding carboxylic acids is 2. The van der Waals surface area contributed by atoms with Gasteiger partial charge in [0.25, 0.3) is 0 Å². The number of nitrogens with zero attached hydrogens (tertiary/aromatic N) is 1. The van der Waals surface area contributed by atoms with E-state index in [1.807, 2.05) is 36.4 Å². The zero-order chi connectivity index (χ0) is 19.2. The number of hydrogen-bond donors (Lipinski definition) is 0. The van der Waals surface area contributed by atoms with Crippen molar-refractivity contribution in [3.63, 3.8) is 0 Å². The van der Waals surface area contributed by atoms with Crippen LogP contribution < -0.4 is 9.64 Å². The normalized spacial score (nSPS) is 16.7. The average molecular weight is 386 g/mol. The molecule has 0 radical (unpaired) electrons. The van der Waals surface area contributed by atoms with Crippen LogP contribution in [0.15, 0.2) is 54.6 Å². The zero-order valence-electron chi connectivity index (χ0n) is 14.9. The number of amides is 1. The molecule has 1 amide bonds. The predicted molar refractivity (Wildman–Crippen MR) is 105 cm³/mol. The molecule has 1 aliphatic rings. The molecule has 0 aromatic heterocycles. The fourth-order valence-corrected chi connectivity index (χ4v) is 3.01. The number of rotatable bonds is 6. The number of carbonyl (C=O) groups is 2. The molecular formula is C21H20ClNO4. The number of benzene rings is 2. The van der Waals surface area contributed by atoms with Crippen molar-refractivity contribution in [3.8, 4) is 5.75 Å². The summed E-state index contributed by atoms with van der Waals surface area (Å²) in [5.41, 5.74) is 1.73. The van der Waals surface area contributed by atoms with E-state index in [4.69, 9.17) is 16.3 Å². The van der Waals surface area contributed by atoms with Crippen LogP contribution in [0.4, 0.5) is 5.69 Å². The zero-order valence-corrected chi connectivity index (χ0v) is 15.7. The van der Waals surface area contributed by atoms with Crippen LogP contribution in [0, 0.1) is 5.92 Å². The molecule has 1 fully saturated rings. The molecule has 0 spiro atoms. The fourth-order valence-electron chi connectivity index (χ4n) is 2.89. The molecule has 5 nitrogen and oxygen atoms in total. The lowest BCUT2D eigenvalue weighted by atomic mass is 10.1. The molecule has 0 saturated carbocycles.